The molecule has 2 nitrogen and oxygen atoms in total. The van der Waals surface area contributed by atoms with Gasteiger partial charge in [-0.25, -0.2) is 0 Å². The van der Waals surface area contributed by atoms with Gasteiger partial charge in [0.15, 0.2) is 0 Å². The van der Waals surface area contributed by atoms with Gasteiger partial charge in [-0.3, -0.25) is 0 Å². The molecule has 0 aromatic heterocycles. The van der Waals surface area contributed by atoms with E-state index in [0.29, 0.717) is 6.04 Å². The van der Waals surface area contributed by atoms with Crippen LogP contribution in [0.2, 0.25) is 0 Å². The number of nitrogens with zero attached hydrogens (tertiary/aromatic N) is 1. The third-order valence-corrected chi connectivity index (χ3v) is 1.86. The lowest BCUT2D eigenvalue weighted by atomic mass is 10.1. The first-order valence-corrected chi connectivity index (χ1v) is 5.08. The van der Waals surface area contributed by atoms with E-state index in [-0.39, 0.29) is 0 Å². The normalized spacial score (nSPS) is 13.3. The molecule has 0 aliphatic rings. The third-order valence-electron chi connectivity index (χ3n) is 1.86. The maximum atomic E-state index is 3.95. The summed E-state index contributed by atoms with van der Waals surface area (Å²) in [5.41, 5.74) is 1.26. The van der Waals surface area contributed by atoms with Crippen molar-refractivity contribution in [3.63, 3.8) is 0 Å². The molecule has 0 bridgehead atoms. The van der Waals surface area contributed by atoms with Crippen LogP contribution in [0, 0.1) is 0 Å². The Labute approximate surface area is 83.0 Å². The van der Waals surface area contributed by atoms with Crippen LogP contribution in [0.25, 0.3) is 0 Å². The van der Waals surface area contributed by atoms with Crippen molar-refractivity contribution < 1.29 is 0 Å². The summed E-state index contributed by atoms with van der Waals surface area (Å²) in [5.74, 6) is 0. The zero-order chi connectivity index (χ0) is 10.3. The summed E-state index contributed by atoms with van der Waals surface area (Å²) in [6.45, 7) is 10.4. The molecular weight excluding hydrogens is 160 g/mol. The molecule has 0 aromatic rings. The van der Waals surface area contributed by atoms with Gasteiger partial charge < -0.3 is 10.2 Å². The Morgan fingerprint density at radius 1 is 1.46 bits per heavy atom. The molecule has 1 unspecified atom stereocenters. The average molecular weight is 184 g/mol. The van der Waals surface area contributed by atoms with Crippen molar-refractivity contribution in [2.75, 3.05) is 27.2 Å². The van der Waals surface area contributed by atoms with Crippen molar-refractivity contribution in [1.29, 1.82) is 0 Å². The predicted octanol–water partition coefficient (Wildman–Crippen LogP) is 1.88. The summed E-state index contributed by atoms with van der Waals surface area (Å²) in [6.07, 6.45) is 2.28. The molecule has 0 aliphatic carbocycles. The van der Waals surface area contributed by atoms with Gasteiger partial charge in [0.05, 0.1) is 0 Å². The van der Waals surface area contributed by atoms with Crippen molar-refractivity contribution in [3.8, 4) is 0 Å². The van der Waals surface area contributed by atoms with E-state index in [1.165, 1.54) is 12.0 Å². The second kappa shape index (κ2) is 7.10. The predicted molar refractivity (Wildman–Crippen MR) is 60.1 cm³/mol. The fourth-order valence-corrected chi connectivity index (χ4v) is 1.41. The second-order valence-corrected chi connectivity index (χ2v) is 4.07. The molecule has 0 heterocycles. The molecule has 0 aromatic carbocycles. The smallest absolute Gasteiger partial charge is 0.0231 e. The molecule has 0 fully saturated rings. The minimum Gasteiger partial charge on any atom is -0.312 e. The minimum absolute atomic E-state index is 0.562. The van der Waals surface area contributed by atoms with Gasteiger partial charge in [0, 0.05) is 12.6 Å². The highest BCUT2D eigenvalue weighted by atomic mass is 15.1. The van der Waals surface area contributed by atoms with Gasteiger partial charge >= 0.3 is 0 Å². The summed E-state index contributed by atoms with van der Waals surface area (Å²) in [6, 6.07) is 0.562. The lowest BCUT2D eigenvalue weighted by Gasteiger charge is -2.22. The Hall–Kier alpha value is -0.340. The maximum Gasteiger partial charge on any atom is 0.0231 e. The first-order valence-electron chi connectivity index (χ1n) is 5.08. The van der Waals surface area contributed by atoms with Crippen molar-refractivity contribution in [3.05, 3.63) is 12.2 Å². The van der Waals surface area contributed by atoms with Crippen LogP contribution in [0.3, 0.4) is 0 Å². The molecule has 13 heavy (non-hydrogen) atoms. The molecule has 0 spiro atoms. The Kier molecular flexibility index (Phi) is 6.92. The van der Waals surface area contributed by atoms with Crippen LogP contribution in [-0.4, -0.2) is 38.1 Å². The molecule has 1 atom stereocenters. The number of hydrogen-bond donors (Lipinski definition) is 1. The number of likely N-dealkylation sites (N-methyl/N-ethyl adjacent to an activating group) is 1. The van der Waals surface area contributed by atoms with Crippen molar-refractivity contribution in [1.82, 2.24) is 10.2 Å². The van der Waals surface area contributed by atoms with Gasteiger partial charge in [0.2, 0.25) is 0 Å². The first kappa shape index (κ1) is 12.7. The number of nitrogens with one attached hydrogen (secondary N) is 1. The zero-order valence-corrected chi connectivity index (χ0v) is 9.56. The Bertz CT molecular complexity index is 141. The molecule has 0 aliphatic heterocycles. The molecule has 0 rings (SSSR count). The molecule has 0 radical (unpaired) electrons. The van der Waals surface area contributed by atoms with E-state index in [2.05, 4.69) is 44.7 Å². The van der Waals surface area contributed by atoms with E-state index in [1.54, 1.807) is 0 Å². The summed E-state index contributed by atoms with van der Waals surface area (Å²) >= 11 is 0. The van der Waals surface area contributed by atoms with Gasteiger partial charge in [0.1, 0.15) is 0 Å². The Morgan fingerprint density at radius 2 is 2.08 bits per heavy atom. The van der Waals surface area contributed by atoms with E-state index < -0.39 is 0 Å². The first-order chi connectivity index (χ1) is 6.06. The van der Waals surface area contributed by atoms with E-state index >= 15 is 0 Å². The second-order valence-electron chi connectivity index (χ2n) is 4.07. The summed E-state index contributed by atoms with van der Waals surface area (Å²) in [7, 11) is 4.22. The van der Waals surface area contributed by atoms with Gasteiger partial charge in [-0.15, -0.1) is 6.58 Å². The van der Waals surface area contributed by atoms with Gasteiger partial charge in [-0.1, -0.05) is 12.5 Å². The molecule has 0 amide bonds. The summed E-state index contributed by atoms with van der Waals surface area (Å²) < 4.78 is 0. The lowest BCUT2D eigenvalue weighted by Crippen LogP contribution is -2.38. The monoisotopic (exact) mass is 184 g/mol. The van der Waals surface area contributed by atoms with Crippen molar-refractivity contribution in [2.24, 2.45) is 0 Å². The SMILES string of the molecule is C=C(C)CC(CN(C)C)NCCC. The van der Waals surface area contributed by atoms with Crippen molar-refractivity contribution >= 4 is 0 Å². The standard InChI is InChI=1S/C11H24N2/c1-6-7-12-11(8-10(2)3)9-13(4)5/h11-12H,2,6-9H2,1,3-5H3. The molecule has 1 N–H and O–H groups in total. The van der Waals surface area contributed by atoms with E-state index in [9.17, 15) is 0 Å². The maximum absolute atomic E-state index is 3.95. The van der Waals surface area contributed by atoms with Crippen LogP contribution in [0.15, 0.2) is 12.2 Å². The van der Waals surface area contributed by atoms with Crippen LogP contribution in [-0.2, 0) is 0 Å². The summed E-state index contributed by atoms with van der Waals surface area (Å²) in [5, 5.41) is 3.53. The van der Waals surface area contributed by atoms with Crippen LogP contribution in [0.4, 0.5) is 0 Å². The molecular formula is C11H24N2. The molecule has 2 heteroatoms. The van der Waals surface area contributed by atoms with E-state index in [1.807, 2.05) is 0 Å². The Balaban J connectivity index is 3.80. The van der Waals surface area contributed by atoms with Crippen LogP contribution < -0.4 is 5.32 Å². The van der Waals surface area contributed by atoms with Crippen LogP contribution >= 0.6 is 0 Å². The van der Waals surface area contributed by atoms with E-state index in [4.69, 9.17) is 0 Å². The van der Waals surface area contributed by atoms with E-state index in [0.717, 1.165) is 19.5 Å². The quantitative estimate of drug-likeness (QED) is 0.608. The molecule has 0 saturated heterocycles. The average Bonchev–Trinajstić information content (AvgIpc) is 1.98. The van der Waals surface area contributed by atoms with Gasteiger partial charge in [-0.2, -0.15) is 0 Å². The van der Waals surface area contributed by atoms with Crippen molar-refractivity contribution in [2.45, 2.75) is 32.7 Å². The van der Waals surface area contributed by atoms with Crippen LogP contribution in [0.5, 0.6) is 0 Å². The number of hydrogen-bond acceptors (Lipinski definition) is 2. The highest BCUT2D eigenvalue weighted by Gasteiger charge is 2.08. The fourth-order valence-electron chi connectivity index (χ4n) is 1.41. The molecule has 78 valence electrons. The zero-order valence-electron chi connectivity index (χ0n) is 9.56. The molecule has 0 saturated carbocycles. The summed E-state index contributed by atoms with van der Waals surface area (Å²) in [4.78, 5) is 2.22. The van der Waals surface area contributed by atoms with Gasteiger partial charge in [-0.05, 0) is 40.4 Å². The fraction of sp³-hybridized carbons (Fsp3) is 0.818. The van der Waals surface area contributed by atoms with Crippen LogP contribution in [0.1, 0.15) is 26.7 Å². The number of rotatable bonds is 7. The minimum atomic E-state index is 0.562. The highest BCUT2D eigenvalue weighted by molar-refractivity contribution is 4.93. The Morgan fingerprint density at radius 3 is 2.46 bits per heavy atom. The lowest BCUT2D eigenvalue weighted by molar-refractivity contribution is 0.336. The highest BCUT2D eigenvalue weighted by Crippen LogP contribution is 2.02. The third kappa shape index (κ3) is 8.00. The topological polar surface area (TPSA) is 15.3 Å². The largest absolute Gasteiger partial charge is 0.312 e. The van der Waals surface area contributed by atoms with Gasteiger partial charge in [0.25, 0.3) is 0 Å².